The molecule has 1 unspecified atom stereocenters. The van der Waals surface area contributed by atoms with Gasteiger partial charge in [-0.15, -0.1) is 0 Å². The topological polar surface area (TPSA) is 58.9 Å². The van der Waals surface area contributed by atoms with E-state index in [0.717, 1.165) is 6.42 Å². The monoisotopic (exact) mass is 204 g/mol. The number of rotatable bonds is 9. The molecule has 0 aromatic rings. The summed E-state index contributed by atoms with van der Waals surface area (Å²) in [5.74, 6) is 0. The summed E-state index contributed by atoms with van der Waals surface area (Å²) in [4.78, 5) is 0. The van der Waals surface area contributed by atoms with E-state index < -0.39 is 0 Å². The second-order valence-corrected chi connectivity index (χ2v) is 2.76. The number of allylic oxidation sites excluding steroid dienone is 1. The Morgan fingerprint density at radius 3 is 2.57 bits per heavy atom. The Bertz CT molecular complexity index is 136. The maximum Gasteiger partial charge on any atom is 0.0987 e. The van der Waals surface area contributed by atoms with Gasteiger partial charge in [0.2, 0.25) is 0 Å². The summed E-state index contributed by atoms with van der Waals surface area (Å²) in [5.41, 5.74) is 0. The van der Waals surface area contributed by atoms with E-state index in [4.69, 9.17) is 19.7 Å². The fraction of sp³-hybridized carbons (Fsp3) is 0.800. The van der Waals surface area contributed by atoms with Crippen molar-refractivity contribution >= 4 is 0 Å². The van der Waals surface area contributed by atoms with E-state index in [9.17, 15) is 0 Å². The largest absolute Gasteiger partial charge is 0.394 e. The van der Waals surface area contributed by atoms with Gasteiger partial charge in [-0.3, -0.25) is 0 Å². The maximum atomic E-state index is 8.90. The van der Waals surface area contributed by atoms with Crippen molar-refractivity contribution in [1.82, 2.24) is 0 Å². The van der Waals surface area contributed by atoms with Gasteiger partial charge in [0.05, 0.1) is 39.1 Å². The minimum atomic E-state index is -0.243. The van der Waals surface area contributed by atoms with Crippen molar-refractivity contribution in [3.05, 3.63) is 12.2 Å². The van der Waals surface area contributed by atoms with E-state index in [2.05, 4.69) is 0 Å². The normalized spacial score (nSPS) is 13.6. The minimum absolute atomic E-state index is 0.0174. The molecule has 0 radical (unpaired) electrons. The lowest BCUT2D eigenvalue weighted by atomic mass is 10.3. The lowest BCUT2D eigenvalue weighted by Gasteiger charge is -2.11. The third-order valence-electron chi connectivity index (χ3n) is 1.56. The fourth-order valence-electron chi connectivity index (χ4n) is 0.882. The van der Waals surface area contributed by atoms with Crippen LogP contribution in [0.25, 0.3) is 0 Å². The van der Waals surface area contributed by atoms with E-state index in [1.807, 2.05) is 19.1 Å². The zero-order chi connectivity index (χ0) is 10.6. The molecule has 84 valence electrons. The van der Waals surface area contributed by atoms with Gasteiger partial charge in [-0.2, -0.15) is 0 Å². The van der Waals surface area contributed by atoms with Crippen LogP contribution in [0.1, 0.15) is 13.3 Å². The van der Waals surface area contributed by atoms with Crippen LogP contribution in [0.4, 0.5) is 0 Å². The fourth-order valence-corrected chi connectivity index (χ4v) is 0.882. The highest BCUT2D eigenvalue weighted by Crippen LogP contribution is 1.95. The Hall–Kier alpha value is -0.420. The Labute approximate surface area is 85.1 Å². The zero-order valence-corrected chi connectivity index (χ0v) is 8.69. The van der Waals surface area contributed by atoms with Gasteiger partial charge in [0, 0.05) is 0 Å². The van der Waals surface area contributed by atoms with Crippen molar-refractivity contribution < 1.29 is 19.7 Å². The molecule has 0 fully saturated rings. The molecule has 14 heavy (non-hydrogen) atoms. The predicted octanol–water partition coefficient (Wildman–Crippen LogP) is 0.339. The molecule has 0 saturated heterocycles. The molecular formula is C10H20O4. The molecule has 0 aliphatic rings. The van der Waals surface area contributed by atoms with Crippen LogP contribution in [-0.4, -0.2) is 49.4 Å². The first kappa shape index (κ1) is 13.6. The molecule has 0 aliphatic heterocycles. The van der Waals surface area contributed by atoms with Crippen molar-refractivity contribution in [2.45, 2.75) is 19.4 Å². The summed E-state index contributed by atoms with van der Waals surface area (Å²) >= 11 is 0. The Balaban J connectivity index is 3.38. The molecule has 2 N–H and O–H groups in total. The van der Waals surface area contributed by atoms with Crippen molar-refractivity contribution in [1.29, 1.82) is 0 Å². The third-order valence-corrected chi connectivity index (χ3v) is 1.56. The van der Waals surface area contributed by atoms with Crippen molar-refractivity contribution in [2.75, 3.05) is 33.0 Å². The number of hydrogen-bond donors (Lipinski definition) is 2. The van der Waals surface area contributed by atoms with E-state index in [1.54, 1.807) is 0 Å². The van der Waals surface area contributed by atoms with Crippen molar-refractivity contribution in [2.24, 2.45) is 0 Å². The number of aliphatic hydroxyl groups is 2. The molecule has 4 nitrogen and oxygen atoms in total. The standard InChI is InChI=1S/C10H20O4/c1-2-3-4-10(9-12)14-8-7-13-6-5-11/h3-4,10-12H,2,5-9H2,1H3/b4-3-. The Morgan fingerprint density at radius 2 is 2.00 bits per heavy atom. The van der Waals surface area contributed by atoms with Gasteiger partial charge < -0.3 is 19.7 Å². The van der Waals surface area contributed by atoms with E-state index >= 15 is 0 Å². The van der Waals surface area contributed by atoms with Gasteiger partial charge in [-0.25, -0.2) is 0 Å². The van der Waals surface area contributed by atoms with Gasteiger partial charge in [0.1, 0.15) is 0 Å². The van der Waals surface area contributed by atoms with Crippen molar-refractivity contribution in [3.63, 3.8) is 0 Å². The van der Waals surface area contributed by atoms with Crippen LogP contribution in [0, 0.1) is 0 Å². The number of aliphatic hydroxyl groups excluding tert-OH is 2. The van der Waals surface area contributed by atoms with E-state index in [0.29, 0.717) is 19.8 Å². The van der Waals surface area contributed by atoms with Crippen LogP contribution in [0.2, 0.25) is 0 Å². The highest BCUT2D eigenvalue weighted by Gasteiger charge is 2.01. The second-order valence-electron chi connectivity index (χ2n) is 2.76. The van der Waals surface area contributed by atoms with Crippen LogP contribution < -0.4 is 0 Å². The zero-order valence-electron chi connectivity index (χ0n) is 8.69. The highest BCUT2D eigenvalue weighted by atomic mass is 16.5. The molecule has 1 atom stereocenters. The molecule has 0 bridgehead atoms. The van der Waals surface area contributed by atoms with Crippen molar-refractivity contribution in [3.8, 4) is 0 Å². The predicted molar refractivity (Wildman–Crippen MR) is 54.2 cm³/mol. The van der Waals surface area contributed by atoms with E-state index in [-0.39, 0.29) is 19.3 Å². The first-order valence-electron chi connectivity index (χ1n) is 4.92. The van der Waals surface area contributed by atoms with Gasteiger partial charge >= 0.3 is 0 Å². The molecule has 0 aliphatic carbocycles. The quantitative estimate of drug-likeness (QED) is 0.420. The highest BCUT2D eigenvalue weighted by molar-refractivity contribution is 4.88. The molecule has 0 spiro atoms. The average Bonchev–Trinajstić information content (AvgIpc) is 2.22. The lowest BCUT2D eigenvalue weighted by Crippen LogP contribution is -2.18. The average molecular weight is 204 g/mol. The molecule has 0 aromatic carbocycles. The molecule has 4 heteroatoms. The third kappa shape index (κ3) is 8.19. The first-order chi connectivity index (χ1) is 6.85. The summed E-state index contributed by atoms with van der Waals surface area (Å²) < 4.78 is 10.3. The Kier molecular flexibility index (Phi) is 10.3. The molecule has 0 amide bonds. The van der Waals surface area contributed by atoms with Crippen LogP contribution >= 0.6 is 0 Å². The molecule has 0 saturated carbocycles. The summed E-state index contributed by atoms with van der Waals surface area (Å²) in [7, 11) is 0. The van der Waals surface area contributed by atoms with Crippen LogP contribution in [-0.2, 0) is 9.47 Å². The summed E-state index contributed by atoms with van der Waals surface area (Å²) in [6, 6.07) is 0. The minimum Gasteiger partial charge on any atom is -0.394 e. The summed E-state index contributed by atoms with van der Waals surface area (Å²) in [6.45, 7) is 3.24. The number of ether oxygens (including phenoxy) is 2. The van der Waals surface area contributed by atoms with Gasteiger partial charge in [-0.05, 0) is 6.42 Å². The molecule has 0 rings (SSSR count). The molecule has 0 heterocycles. The summed E-state index contributed by atoms with van der Waals surface area (Å²) in [6.07, 6.45) is 4.48. The molecular weight excluding hydrogens is 184 g/mol. The van der Waals surface area contributed by atoms with Gasteiger partial charge in [0.15, 0.2) is 0 Å². The van der Waals surface area contributed by atoms with Crippen LogP contribution in [0.3, 0.4) is 0 Å². The van der Waals surface area contributed by atoms with Crippen LogP contribution in [0.5, 0.6) is 0 Å². The second kappa shape index (κ2) is 10.7. The first-order valence-corrected chi connectivity index (χ1v) is 4.92. The molecule has 0 aromatic heterocycles. The van der Waals surface area contributed by atoms with E-state index in [1.165, 1.54) is 0 Å². The van der Waals surface area contributed by atoms with Gasteiger partial charge in [0.25, 0.3) is 0 Å². The lowest BCUT2D eigenvalue weighted by molar-refractivity contribution is -0.00429. The maximum absolute atomic E-state index is 8.90. The smallest absolute Gasteiger partial charge is 0.0987 e. The summed E-state index contributed by atoms with van der Waals surface area (Å²) in [5, 5.41) is 17.3. The van der Waals surface area contributed by atoms with Crippen LogP contribution in [0.15, 0.2) is 12.2 Å². The Morgan fingerprint density at radius 1 is 1.21 bits per heavy atom. The number of hydrogen-bond acceptors (Lipinski definition) is 4. The SMILES string of the molecule is CC/C=C\C(CO)OCCOCCO. The van der Waals surface area contributed by atoms with Gasteiger partial charge in [-0.1, -0.05) is 19.1 Å².